The number of nitrogens with zero attached hydrogens (tertiary/aromatic N) is 6. The smallest absolute Gasteiger partial charge is 0.424 e. The number of hydrogen-bond donors (Lipinski definition) is 1. The fraction of sp³-hybridized carbons (Fsp3) is 0.733. The summed E-state index contributed by atoms with van der Waals surface area (Å²) in [6.07, 6.45) is 1.73. The van der Waals surface area contributed by atoms with Crippen molar-refractivity contribution >= 4 is 29.7 Å². The lowest BCUT2D eigenvalue weighted by molar-refractivity contribution is 0.0229. The number of imide groups is 1. The molecule has 1 unspecified atom stereocenters. The van der Waals surface area contributed by atoms with Crippen LogP contribution < -0.4 is 15.1 Å². The van der Waals surface area contributed by atoms with Gasteiger partial charge in [-0.05, 0) is 70.9 Å². The topological polar surface area (TPSA) is 159 Å². The molecule has 0 aliphatic carbocycles. The first-order valence-electron chi connectivity index (χ1n) is 14.7. The molecule has 43 heavy (non-hydrogen) atoms. The maximum absolute atomic E-state index is 13.4. The molecule has 1 aliphatic heterocycles. The summed E-state index contributed by atoms with van der Waals surface area (Å²) in [6, 6.07) is 0.474. The second kappa shape index (κ2) is 14.2. The number of hydrogen-bond acceptors (Lipinski definition) is 9. The molecule has 1 fully saturated rings. The number of piperidine rings is 1. The van der Waals surface area contributed by atoms with Crippen LogP contribution in [-0.4, -0.2) is 65.7 Å². The summed E-state index contributed by atoms with van der Waals surface area (Å²) >= 11 is 0. The Morgan fingerprint density at radius 2 is 1.67 bits per heavy atom. The molecule has 0 radical (unpaired) electrons. The normalized spacial score (nSPS) is 19.9. The highest BCUT2D eigenvalue weighted by molar-refractivity contribution is 6.11. The van der Waals surface area contributed by atoms with E-state index >= 15 is 0 Å². The lowest BCUT2D eigenvalue weighted by atomic mass is 9.86. The van der Waals surface area contributed by atoms with Crippen molar-refractivity contribution < 1.29 is 28.6 Å². The Balaban J connectivity index is 2.50. The molecule has 2 heterocycles. The summed E-state index contributed by atoms with van der Waals surface area (Å²) < 4.78 is 17.0. The maximum atomic E-state index is 13.4. The van der Waals surface area contributed by atoms with Crippen LogP contribution in [0.15, 0.2) is 23.6 Å². The number of aromatic nitrogens is 1. The average Bonchev–Trinajstić information content (AvgIpc) is 2.83. The molecule has 13 heteroatoms. The molecule has 0 saturated carbocycles. The molecule has 1 saturated heterocycles. The Morgan fingerprint density at radius 1 is 1.09 bits per heavy atom. The molecule has 0 bridgehead atoms. The third-order valence-corrected chi connectivity index (χ3v) is 6.69. The molecule has 1 N–H and O–H groups in total. The van der Waals surface area contributed by atoms with E-state index in [-0.39, 0.29) is 29.7 Å². The summed E-state index contributed by atoms with van der Waals surface area (Å²) in [6.45, 7) is 20.8. The van der Waals surface area contributed by atoms with Gasteiger partial charge in [-0.15, -0.1) is 0 Å². The first-order chi connectivity index (χ1) is 19.8. The predicted octanol–water partition coefficient (Wildman–Crippen LogP) is 7.20. The third kappa shape index (κ3) is 10.5. The lowest BCUT2D eigenvalue weighted by Gasteiger charge is -2.43. The SMILES string of the molecule is CCCC(OC(=O)N[C@@H]1CN(c2ccncc2N(C(=O)OC(C)(C)C)C(=O)OC(C)(C)C)C[C@H](C)[C@@H]1N=[N+]=[N-])C(C)(C)C. The first kappa shape index (κ1) is 35.5. The Kier molecular flexibility index (Phi) is 11.7. The summed E-state index contributed by atoms with van der Waals surface area (Å²) in [5.74, 6) is -0.221. The van der Waals surface area contributed by atoms with E-state index in [0.29, 0.717) is 18.7 Å². The van der Waals surface area contributed by atoms with Gasteiger partial charge in [0.05, 0.1) is 24.0 Å². The van der Waals surface area contributed by atoms with Crippen molar-refractivity contribution in [2.45, 2.75) is 118 Å². The highest BCUT2D eigenvalue weighted by Crippen LogP contribution is 2.35. The van der Waals surface area contributed by atoms with Crippen LogP contribution in [0.1, 0.15) is 89.0 Å². The number of amides is 3. The summed E-state index contributed by atoms with van der Waals surface area (Å²) in [5, 5.41) is 6.92. The van der Waals surface area contributed by atoms with Crippen molar-refractivity contribution in [2.75, 3.05) is 22.9 Å². The quantitative estimate of drug-likeness (QED) is 0.148. The molecule has 240 valence electrons. The summed E-state index contributed by atoms with van der Waals surface area (Å²) in [7, 11) is 0. The molecule has 3 amide bonds. The zero-order valence-corrected chi connectivity index (χ0v) is 27.5. The Bertz CT molecular complexity index is 1150. The van der Waals surface area contributed by atoms with Crippen LogP contribution in [0.2, 0.25) is 0 Å². The highest BCUT2D eigenvalue weighted by atomic mass is 16.6. The van der Waals surface area contributed by atoms with Crippen molar-refractivity contribution in [3.05, 3.63) is 28.9 Å². The number of anilines is 2. The predicted molar refractivity (Wildman–Crippen MR) is 165 cm³/mol. The molecule has 1 aromatic heterocycles. The van der Waals surface area contributed by atoms with Gasteiger partial charge in [-0.1, -0.05) is 46.2 Å². The molecule has 13 nitrogen and oxygen atoms in total. The first-order valence-corrected chi connectivity index (χ1v) is 14.7. The fourth-order valence-electron chi connectivity index (χ4n) is 4.80. The Labute approximate surface area is 255 Å². The van der Waals surface area contributed by atoms with Gasteiger partial charge in [-0.25, -0.2) is 14.4 Å². The largest absolute Gasteiger partial charge is 0.446 e. The van der Waals surface area contributed by atoms with E-state index in [9.17, 15) is 19.9 Å². The minimum absolute atomic E-state index is 0.150. The number of azide groups is 1. The Hall–Kier alpha value is -3.73. The zero-order valence-electron chi connectivity index (χ0n) is 27.5. The van der Waals surface area contributed by atoms with Crippen LogP contribution >= 0.6 is 0 Å². The van der Waals surface area contributed by atoms with Gasteiger partial charge in [-0.3, -0.25) is 4.98 Å². The van der Waals surface area contributed by atoms with Crippen LogP contribution in [0.25, 0.3) is 10.4 Å². The lowest BCUT2D eigenvalue weighted by Crippen LogP contribution is -2.58. The Morgan fingerprint density at radius 3 is 2.16 bits per heavy atom. The number of alkyl carbamates (subject to hydrolysis) is 1. The van der Waals surface area contributed by atoms with Crippen molar-refractivity contribution in [1.29, 1.82) is 0 Å². The average molecular weight is 604 g/mol. The van der Waals surface area contributed by atoms with E-state index in [4.69, 9.17) is 14.2 Å². The number of carbonyl (C=O) groups is 3. The van der Waals surface area contributed by atoms with E-state index in [1.54, 1.807) is 53.8 Å². The molecule has 1 aromatic rings. The van der Waals surface area contributed by atoms with Crippen LogP contribution in [0.4, 0.5) is 25.8 Å². The fourth-order valence-corrected chi connectivity index (χ4v) is 4.80. The van der Waals surface area contributed by atoms with Gasteiger partial charge in [-0.2, -0.15) is 4.90 Å². The van der Waals surface area contributed by atoms with Crippen LogP contribution in [0.3, 0.4) is 0 Å². The number of ether oxygens (including phenoxy) is 3. The minimum atomic E-state index is -0.921. The van der Waals surface area contributed by atoms with Gasteiger partial charge in [0.2, 0.25) is 0 Å². The number of nitrogens with one attached hydrogen (secondary N) is 1. The summed E-state index contributed by atoms with van der Waals surface area (Å²) in [4.78, 5) is 49.9. The van der Waals surface area contributed by atoms with Crippen molar-refractivity contribution in [3.63, 3.8) is 0 Å². The standard InChI is InChI=1S/C30H49N7O6/c1-12-13-23(28(3,4)5)41-25(38)33-20-18-36(17-19(2)24(20)34-35-31)21-14-15-32-16-22(21)37(26(39)42-29(6,7)8)27(40)43-30(9,10)11/h14-16,19-20,23-24H,12-13,17-18H2,1-11H3,(H,33,38)/t19-,20+,23?,24-/m0/s1. The minimum Gasteiger partial charge on any atom is -0.446 e. The van der Waals surface area contributed by atoms with Gasteiger partial charge >= 0.3 is 18.3 Å². The van der Waals surface area contributed by atoms with Gasteiger partial charge in [0.15, 0.2) is 0 Å². The van der Waals surface area contributed by atoms with Crippen LogP contribution in [-0.2, 0) is 14.2 Å². The molecule has 4 atom stereocenters. The van der Waals surface area contributed by atoms with Crippen molar-refractivity contribution in [3.8, 4) is 0 Å². The van der Waals surface area contributed by atoms with Crippen LogP contribution in [0.5, 0.6) is 0 Å². The van der Waals surface area contributed by atoms with E-state index < -0.39 is 41.6 Å². The molecule has 0 aromatic carbocycles. The molecule has 2 rings (SSSR count). The number of pyridine rings is 1. The van der Waals surface area contributed by atoms with Gasteiger partial charge in [0.1, 0.15) is 23.0 Å². The maximum Gasteiger partial charge on any atom is 0.424 e. The monoisotopic (exact) mass is 603 g/mol. The number of carbonyl (C=O) groups excluding carboxylic acids is 3. The second-order valence-corrected chi connectivity index (χ2v) is 14.0. The highest BCUT2D eigenvalue weighted by Gasteiger charge is 2.40. The van der Waals surface area contributed by atoms with E-state index in [1.807, 2.05) is 39.5 Å². The van der Waals surface area contributed by atoms with Gasteiger partial charge < -0.3 is 24.4 Å². The zero-order chi connectivity index (χ0) is 32.8. The molecular weight excluding hydrogens is 554 g/mol. The van der Waals surface area contributed by atoms with E-state index in [2.05, 4.69) is 20.3 Å². The molecule has 1 aliphatic rings. The van der Waals surface area contributed by atoms with Crippen LogP contribution in [0, 0.1) is 11.3 Å². The summed E-state index contributed by atoms with van der Waals surface area (Å²) in [5.41, 5.74) is 7.89. The molecular formula is C30H49N7O6. The third-order valence-electron chi connectivity index (χ3n) is 6.69. The second-order valence-electron chi connectivity index (χ2n) is 14.0. The van der Waals surface area contributed by atoms with Gasteiger partial charge in [0.25, 0.3) is 0 Å². The number of rotatable bonds is 7. The van der Waals surface area contributed by atoms with Crippen molar-refractivity contribution in [1.82, 2.24) is 10.3 Å². The van der Waals surface area contributed by atoms with Crippen molar-refractivity contribution in [2.24, 2.45) is 16.4 Å². The van der Waals surface area contributed by atoms with Gasteiger partial charge in [0, 0.05) is 24.2 Å². The molecule has 0 spiro atoms. The van der Waals surface area contributed by atoms with E-state index in [1.165, 1.54) is 6.20 Å². The van der Waals surface area contributed by atoms with E-state index in [0.717, 1.165) is 11.3 Å².